The quantitative estimate of drug-likeness (QED) is 0.787. The van der Waals surface area contributed by atoms with Gasteiger partial charge in [-0.1, -0.05) is 11.3 Å². The molecule has 3 rings (SSSR count). The van der Waals surface area contributed by atoms with Crippen LogP contribution < -0.4 is 10.5 Å². The summed E-state index contributed by atoms with van der Waals surface area (Å²) in [5, 5.41) is 10.5. The van der Waals surface area contributed by atoms with Gasteiger partial charge in [0.15, 0.2) is 0 Å². The lowest BCUT2D eigenvalue weighted by molar-refractivity contribution is 0.340. The Morgan fingerprint density at radius 1 is 1.24 bits per heavy atom. The Labute approximate surface area is 127 Å². The molecule has 0 aliphatic carbocycles. The Morgan fingerprint density at radius 2 is 2.05 bits per heavy atom. The zero-order chi connectivity index (χ0) is 14.7. The molecule has 0 saturated carbocycles. The van der Waals surface area contributed by atoms with Crippen LogP contribution in [0.25, 0.3) is 16.3 Å². The minimum absolute atomic E-state index is 0.365. The molecule has 0 amide bonds. The summed E-state index contributed by atoms with van der Waals surface area (Å²) in [6.07, 6.45) is 0. The first kappa shape index (κ1) is 13.8. The van der Waals surface area contributed by atoms with Gasteiger partial charge in [-0.05, 0) is 42.6 Å². The third kappa shape index (κ3) is 2.68. The fourth-order valence-corrected chi connectivity index (χ4v) is 2.92. The normalized spacial score (nSPS) is 10.8. The maximum absolute atomic E-state index is 5.78. The first-order chi connectivity index (χ1) is 10.3. The summed E-state index contributed by atoms with van der Waals surface area (Å²) >= 11 is 1.65. The number of hydrogen-bond donors (Lipinski definition) is 1. The van der Waals surface area contributed by atoms with Gasteiger partial charge in [0.05, 0.1) is 17.2 Å². The average Bonchev–Trinajstić information content (AvgIpc) is 3.17. The first-order valence-corrected chi connectivity index (χ1v) is 7.63. The van der Waals surface area contributed by atoms with Crippen molar-refractivity contribution in [3.8, 4) is 22.0 Å². The van der Waals surface area contributed by atoms with Crippen LogP contribution in [0.2, 0.25) is 0 Å². The van der Waals surface area contributed by atoms with Gasteiger partial charge >= 0.3 is 0 Å². The van der Waals surface area contributed by atoms with E-state index in [1.165, 1.54) is 0 Å². The number of thiophene rings is 1. The van der Waals surface area contributed by atoms with Gasteiger partial charge in [0, 0.05) is 6.54 Å². The molecule has 108 valence electrons. The molecule has 3 aromatic rings. The van der Waals surface area contributed by atoms with Crippen LogP contribution in [0, 0.1) is 0 Å². The second kappa shape index (κ2) is 6.07. The highest BCUT2D eigenvalue weighted by molar-refractivity contribution is 7.13. The van der Waals surface area contributed by atoms with Gasteiger partial charge in [0.1, 0.15) is 17.1 Å². The molecule has 0 spiro atoms. The molecule has 0 aliphatic heterocycles. The fraction of sp³-hybridized carbons (Fsp3) is 0.200. The van der Waals surface area contributed by atoms with Crippen molar-refractivity contribution in [1.29, 1.82) is 0 Å². The van der Waals surface area contributed by atoms with E-state index in [1.807, 2.05) is 53.4 Å². The van der Waals surface area contributed by atoms with E-state index in [0.29, 0.717) is 13.2 Å². The molecule has 0 bridgehead atoms. The maximum atomic E-state index is 5.78. The van der Waals surface area contributed by atoms with Gasteiger partial charge in [0.25, 0.3) is 0 Å². The topological polar surface area (TPSA) is 66.0 Å². The third-order valence-corrected chi connectivity index (χ3v) is 3.96. The third-order valence-electron chi connectivity index (χ3n) is 3.08. The lowest BCUT2D eigenvalue weighted by Gasteiger charge is -2.07. The van der Waals surface area contributed by atoms with Crippen LogP contribution in [-0.4, -0.2) is 21.6 Å². The summed E-state index contributed by atoms with van der Waals surface area (Å²) < 4.78 is 7.29. The molecule has 2 aromatic heterocycles. The second-order valence-corrected chi connectivity index (χ2v) is 5.35. The minimum atomic E-state index is 0.365. The summed E-state index contributed by atoms with van der Waals surface area (Å²) in [5.41, 5.74) is 8.47. The van der Waals surface area contributed by atoms with E-state index in [1.54, 1.807) is 11.3 Å². The van der Waals surface area contributed by atoms with E-state index in [4.69, 9.17) is 10.5 Å². The second-order valence-electron chi connectivity index (χ2n) is 4.40. The lowest BCUT2D eigenvalue weighted by atomic mass is 10.2. The zero-order valence-corrected chi connectivity index (χ0v) is 12.5. The molecular weight excluding hydrogens is 284 g/mol. The zero-order valence-electron chi connectivity index (χ0n) is 11.7. The van der Waals surface area contributed by atoms with E-state index in [9.17, 15) is 0 Å². The van der Waals surface area contributed by atoms with Crippen LogP contribution in [0.5, 0.6) is 5.75 Å². The number of benzene rings is 1. The van der Waals surface area contributed by atoms with Crippen LogP contribution in [0.1, 0.15) is 12.6 Å². The summed E-state index contributed by atoms with van der Waals surface area (Å²) in [7, 11) is 0. The SMILES string of the molecule is CCOc1ccc(-n2nnc(CN)c2-c2cccs2)cc1. The molecule has 0 saturated heterocycles. The summed E-state index contributed by atoms with van der Waals surface area (Å²) in [6, 6.07) is 11.9. The highest BCUT2D eigenvalue weighted by Crippen LogP contribution is 2.29. The number of nitrogens with two attached hydrogens (primary N) is 1. The van der Waals surface area contributed by atoms with Crippen molar-refractivity contribution in [3.63, 3.8) is 0 Å². The average molecular weight is 300 g/mol. The largest absolute Gasteiger partial charge is 0.494 e. The number of rotatable bonds is 5. The first-order valence-electron chi connectivity index (χ1n) is 6.75. The van der Waals surface area contributed by atoms with Crippen molar-refractivity contribution < 1.29 is 4.74 Å². The Hall–Kier alpha value is -2.18. The molecule has 2 heterocycles. The van der Waals surface area contributed by atoms with Crippen molar-refractivity contribution in [3.05, 3.63) is 47.5 Å². The summed E-state index contributed by atoms with van der Waals surface area (Å²) in [6.45, 7) is 2.98. The molecule has 0 aliphatic rings. The van der Waals surface area contributed by atoms with Crippen molar-refractivity contribution in [2.75, 3.05) is 6.61 Å². The maximum Gasteiger partial charge on any atom is 0.119 e. The lowest BCUT2D eigenvalue weighted by Crippen LogP contribution is -2.02. The van der Waals surface area contributed by atoms with Crippen molar-refractivity contribution in [2.45, 2.75) is 13.5 Å². The number of aromatic nitrogens is 3. The fourth-order valence-electron chi connectivity index (χ4n) is 2.14. The smallest absolute Gasteiger partial charge is 0.119 e. The number of nitrogens with zero attached hydrogens (tertiary/aromatic N) is 3. The summed E-state index contributed by atoms with van der Waals surface area (Å²) in [5.74, 6) is 0.845. The van der Waals surface area contributed by atoms with Crippen LogP contribution >= 0.6 is 11.3 Å². The molecule has 5 nitrogen and oxygen atoms in total. The van der Waals surface area contributed by atoms with Crippen molar-refractivity contribution in [1.82, 2.24) is 15.0 Å². The van der Waals surface area contributed by atoms with Gasteiger partial charge in [-0.2, -0.15) is 0 Å². The molecule has 0 unspecified atom stereocenters. The van der Waals surface area contributed by atoms with E-state index < -0.39 is 0 Å². The van der Waals surface area contributed by atoms with Gasteiger partial charge in [-0.3, -0.25) is 0 Å². The summed E-state index contributed by atoms with van der Waals surface area (Å²) in [4.78, 5) is 1.11. The highest BCUT2D eigenvalue weighted by Gasteiger charge is 2.16. The molecule has 6 heteroatoms. The Balaban J connectivity index is 2.04. The van der Waals surface area contributed by atoms with E-state index in [-0.39, 0.29) is 0 Å². The van der Waals surface area contributed by atoms with Crippen LogP contribution in [-0.2, 0) is 6.54 Å². The standard InChI is InChI=1S/C15H16N4OS/c1-2-20-12-7-5-11(6-8-12)19-15(13(10-16)17-18-19)14-4-3-9-21-14/h3-9H,2,10,16H2,1H3. The minimum Gasteiger partial charge on any atom is -0.494 e. The molecular formula is C15H16N4OS. The Kier molecular flexibility index (Phi) is 3.98. The van der Waals surface area contributed by atoms with Gasteiger partial charge in [0.2, 0.25) is 0 Å². The van der Waals surface area contributed by atoms with Crippen LogP contribution in [0.4, 0.5) is 0 Å². The Morgan fingerprint density at radius 3 is 2.67 bits per heavy atom. The monoisotopic (exact) mass is 300 g/mol. The number of hydrogen-bond acceptors (Lipinski definition) is 5. The molecule has 1 aromatic carbocycles. The van der Waals surface area contributed by atoms with Crippen LogP contribution in [0.15, 0.2) is 41.8 Å². The molecule has 21 heavy (non-hydrogen) atoms. The molecule has 0 radical (unpaired) electrons. The Bertz CT molecular complexity index is 704. The van der Waals surface area contributed by atoms with Gasteiger partial charge in [-0.25, -0.2) is 4.68 Å². The predicted octanol–water partition coefficient (Wildman–Crippen LogP) is 2.85. The van der Waals surface area contributed by atoms with Gasteiger partial charge < -0.3 is 10.5 Å². The van der Waals surface area contributed by atoms with Crippen molar-refractivity contribution in [2.24, 2.45) is 5.73 Å². The predicted molar refractivity (Wildman–Crippen MR) is 83.7 cm³/mol. The van der Waals surface area contributed by atoms with E-state index in [0.717, 1.165) is 27.7 Å². The van der Waals surface area contributed by atoms with Crippen molar-refractivity contribution >= 4 is 11.3 Å². The molecule has 0 atom stereocenters. The van der Waals surface area contributed by atoms with Gasteiger partial charge in [-0.15, -0.1) is 16.4 Å². The molecule has 2 N–H and O–H groups in total. The molecule has 0 fully saturated rings. The number of ether oxygens (including phenoxy) is 1. The highest BCUT2D eigenvalue weighted by atomic mass is 32.1. The van der Waals surface area contributed by atoms with E-state index >= 15 is 0 Å². The van der Waals surface area contributed by atoms with Crippen LogP contribution in [0.3, 0.4) is 0 Å². The van der Waals surface area contributed by atoms with E-state index in [2.05, 4.69) is 10.3 Å².